The molecule has 0 saturated heterocycles. The maximum atomic E-state index is 5.28. The van der Waals surface area contributed by atoms with Gasteiger partial charge in [0.2, 0.25) is 18.3 Å². The quantitative estimate of drug-likeness (QED) is 0.746. The van der Waals surface area contributed by atoms with Gasteiger partial charge in [-0.1, -0.05) is 5.16 Å². The van der Waals surface area contributed by atoms with Crippen LogP contribution in [0.2, 0.25) is 0 Å². The van der Waals surface area contributed by atoms with Crippen molar-refractivity contribution in [1.29, 1.82) is 0 Å². The Hall–Kier alpha value is -2.45. The van der Waals surface area contributed by atoms with Crippen molar-refractivity contribution in [2.24, 2.45) is 0 Å². The van der Waals surface area contributed by atoms with E-state index in [0.717, 1.165) is 0 Å². The highest BCUT2D eigenvalue weighted by Gasteiger charge is 2.07. The average Bonchev–Trinajstić information content (AvgIpc) is 2.90. The van der Waals surface area contributed by atoms with Crippen molar-refractivity contribution in [3.63, 3.8) is 0 Å². The number of anilines is 2. The summed E-state index contributed by atoms with van der Waals surface area (Å²) in [5.41, 5.74) is 0. The number of nitrogens with zero attached hydrogens (tertiary/aromatic N) is 5. The van der Waals surface area contributed by atoms with E-state index in [-0.39, 0.29) is 6.01 Å². The lowest BCUT2D eigenvalue weighted by molar-refractivity contribution is 0.312. The summed E-state index contributed by atoms with van der Waals surface area (Å²) in [6.07, 6.45) is 1.26. The molecule has 2 rings (SSSR count). The van der Waals surface area contributed by atoms with Gasteiger partial charge in [-0.05, 0) is 13.8 Å². The van der Waals surface area contributed by atoms with Gasteiger partial charge in [0, 0.05) is 6.54 Å². The van der Waals surface area contributed by atoms with Crippen molar-refractivity contribution in [3.05, 3.63) is 12.2 Å². The van der Waals surface area contributed by atoms with Gasteiger partial charge in [-0.3, -0.25) is 0 Å². The molecule has 9 nitrogen and oxygen atoms in total. The van der Waals surface area contributed by atoms with E-state index < -0.39 is 0 Å². The summed E-state index contributed by atoms with van der Waals surface area (Å²) >= 11 is 0. The van der Waals surface area contributed by atoms with Crippen molar-refractivity contribution in [1.82, 2.24) is 25.1 Å². The molecule has 0 saturated carbocycles. The second-order valence-corrected chi connectivity index (χ2v) is 3.43. The molecule has 0 aliphatic rings. The van der Waals surface area contributed by atoms with Crippen molar-refractivity contribution in [3.8, 4) is 6.01 Å². The third-order valence-corrected chi connectivity index (χ3v) is 2.03. The lowest BCUT2D eigenvalue weighted by Gasteiger charge is -2.08. The molecule has 0 atom stereocenters. The normalized spacial score (nSPS) is 10.2. The van der Waals surface area contributed by atoms with Gasteiger partial charge in [-0.2, -0.15) is 19.9 Å². The minimum absolute atomic E-state index is 0.268. The first kappa shape index (κ1) is 13.0. The molecule has 2 aromatic rings. The SMILES string of the molecule is CCNc1nc(NCc2ncon2)nc(OCC)n1. The van der Waals surface area contributed by atoms with E-state index in [1.165, 1.54) is 6.39 Å². The van der Waals surface area contributed by atoms with Crippen LogP contribution in [0, 0.1) is 0 Å². The number of nitrogens with one attached hydrogen (secondary N) is 2. The molecule has 0 spiro atoms. The fourth-order valence-corrected chi connectivity index (χ4v) is 1.29. The Labute approximate surface area is 109 Å². The predicted octanol–water partition coefficient (Wildman–Crippen LogP) is 0.697. The summed E-state index contributed by atoms with van der Waals surface area (Å²) in [5, 5.41) is 9.67. The monoisotopic (exact) mass is 265 g/mol. The molecule has 0 fully saturated rings. The summed E-state index contributed by atoms with van der Waals surface area (Å²) in [5.74, 6) is 1.36. The van der Waals surface area contributed by atoms with E-state index in [4.69, 9.17) is 4.74 Å². The van der Waals surface area contributed by atoms with Gasteiger partial charge in [-0.25, -0.2) is 0 Å². The van der Waals surface area contributed by atoms with E-state index in [1.54, 1.807) is 0 Å². The molecular weight excluding hydrogens is 250 g/mol. The summed E-state index contributed by atoms with van der Waals surface area (Å²) in [6, 6.07) is 0.268. The van der Waals surface area contributed by atoms with E-state index in [0.29, 0.717) is 37.4 Å². The Kier molecular flexibility index (Phi) is 4.43. The van der Waals surface area contributed by atoms with Crippen LogP contribution >= 0.6 is 0 Å². The summed E-state index contributed by atoms with van der Waals surface area (Å²) in [7, 11) is 0. The number of hydrogen-bond donors (Lipinski definition) is 2. The Morgan fingerprint density at radius 2 is 1.95 bits per heavy atom. The molecule has 0 aliphatic heterocycles. The first-order valence-electron chi connectivity index (χ1n) is 5.93. The van der Waals surface area contributed by atoms with Gasteiger partial charge in [0.1, 0.15) is 0 Å². The van der Waals surface area contributed by atoms with E-state index in [2.05, 4.69) is 40.2 Å². The summed E-state index contributed by atoms with van der Waals surface area (Å²) in [4.78, 5) is 16.3. The third-order valence-electron chi connectivity index (χ3n) is 2.03. The fraction of sp³-hybridized carbons (Fsp3) is 0.500. The van der Waals surface area contributed by atoms with Gasteiger partial charge in [0.15, 0.2) is 5.82 Å². The lowest BCUT2D eigenvalue weighted by atomic mass is 10.6. The topological polar surface area (TPSA) is 111 Å². The standard InChI is InChI=1S/C10H15N7O2/c1-3-11-8-14-9(16-10(15-8)18-4-2)12-5-7-13-6-19-17-7/h6H,3-5H2,1-2H3,(H2,11,12,14,15,16). The zero-order chi connectivity index (χ0) is 13.5. The van der Waals surface area contributed by atoms with Crippen LogP contribution in [0.15, 0.2) is 10.9 Å². The average molecular weight is 265 g/mol. The molecule has 0 amide bonds. The minimum atomic E-state index is 0.268. The lowest BCUT2D eigenvalue weighted by Crippen LogP contribution is -2.11. The maximum absolute atomic E-state index is 5.28. The van der Waals surface area contributed by atoms with Gasteiger partial charge in [0.25, 0.3) is 0 Å². The second-order valence-electron chi connectivity index (χ2n) is 3.43. The van der Waals surface area contributed by atoms with Crippen molar-refractivity contribution in [2.75, 3.05) is 23.8 Å². The molecule has 0 unspecified atom stereocenters. The van der Waals surface area contributed by atoms with Crippen molar-refractivity contribution >= 4 is 11.9 Å². The van der Waals surface area contributed by atoms with E-state index in [1.807, 2.05) is 13.8 Å². The number of rotatable bonds is 7. The molecule has 0 radical (unpaired) electrons. The van der Waals surface area contributed by atoms with Crippen LogP contribution in [-0.2, 0) is 6.54 Å². The first-order valence-corrected chi connectivity index (χ1v) is 5.93. The zero-order valence-electron chi connectivity index (χ0n) is 10.8. The fourth-order valence-electron chi connectivity index (χ4n) is 1.29. The molecule has 9 heteroatoms. The van der Waals surface area contributed by atoms with Crippen LogP contribution in [0.1, 0.15) is 19.7 Å². The zero-order valence-corrected chi connectivity index (χ0v) is 10.8. The Bertz CT molecular complexity index is 478. The largest absolute Gasteiger partial charge is 0.464 e. The van der Waals surface area contributed by atoms with Crippen LogP contribution in [0.4, 0.5) is 11.9 Å². The van der Waals surface area contributed by atoms with Crippen LogP contribution < -0.4 is 15.4 Å². The van der Waals surface area contributed by atoms with Crippen LogP contribution in [0.25, 0.3) is 0 Å². The van der Waals surface area contributed by atoms with Crippen molar-refractivity contribution < 1.29 is 9.26 Å². The number of ether oxygens (including phenoxy) is 1. The number of aromatic nitrogens is 5. The molecule has 102 valence electrons. The highest BCUT2D eigenvalue weighted by atomic mass is 16.5. The van der Waals surface area contributed by atoms with E-state index >= 15 is 0 Å². The molecule has 2 N–H and O–H groups in total. The molecular formula is C10H15N7O2. The molecule has 0 aromatic carbocycles. The summed E-state index contributed by atoms with van der Waals surface area (Å²) in [6.45, 7) is 5.37. The highest BCUT2D eigenvalue weighted by Crippen LogP contribution is 2.11. The molecule has 0 aliphatic carbocycles. The third kappa shape index (κ3) is 3.76. The van der Waals surface area contributed by atoms with Crippen molar-refractivity contribution in [2.45, 2.75) is 20.4 Å². The Balaban J connectivity index is 2.08. The van der Waals surface area contributed by atoms with Crippen LogP contribution in [-0.4, -0.2) is 38.2 Å². The molecule has 0 bridgehead atoms. The first-order chi connectivity index (χ1) is 9.31. The molecule has 2 aromatic heterocycles. The summed E-state index contributed by atoms with van der Waals surface area (Å²) < 4.78 is 9.91. The molecule has 19 heavy (non-hydrogen) atoms. The van der Waals surface area contributed by atoms with E-state index in [9.17, 15) is 0 Å². The molecule has 2 heterocycles. The van der Waals surface area contributed by atoms with Crippen LogP contribution in [0.3, 0.4) is 0 Å². The minimum Gasteiger partial charge on any atom is -0.464 e. The number of hydrogen-bond acceptors (Lipinski definition) is 9. The van der Waals surface area contributed by atoms with Gasteiger partial charge in [-0.15, -0.1) is 0 Å². The second kappa shape index (κ2) is 6.47. The van der Waals surface area contributed by atoms with Crippen LogP contribution in [0.5, 0.6) is 6.01 Å². The Morgan fingerprint density at radius 3 is 2.58 bits per heavy atom. The maximum Gasteiger partial charge on any atom is 0.323 e. The predicted molar refractivity (Wildman–Crippen MR) is 66.8 cm³/mol. The Morgan fingerprint density at radius 1 is 1.16 bits per heavy atom. The van der Waals surface area contributed by atoms with Gasteiger partial charge in [0.05, 0.1) is 13.2 Å². The van der Waals surface area contributed by atoms with Gasteiger partial charge >= 0.3 is 6.01 Å². The smallest absolute Gasteiger partial charge is 0.323 e. The van der Waals surface area contributed by atoms with Gasteiger partial charge < -0.3 is 19.9 Å². The highest BCUT2D eigenvalue weighted by molar-refractivity contribution is 5.35.